The maximum absolute atomic E-state index is 13.0. The molecule has 23 heavy (non-hydrogen) atoms. The Morgan fingerprint density at radius 1 is 1.00 bits per heavy atom. The average molecular weight is 375 g/mol. The molecule has 0 aliphatic carbocycles. The van der Waals surface area contributed by atoms with E-state index in [-0.39, 0.29) is 5.78 Å². The second-order valence-electron chi connectivity index (χ2n) is 5.21. The fourth-order valence-electron chi connectivity index (χ4n) is 2.21. The molecule has 0 amide bonds. The van der Waals surface area contributed by atoms with Crippen LogP contribution in [0, 0.1) is 0 Å². The summed E-state index contributed by atoms with van der Waals surface area (Å²) >= 11 is 3.39. The summed E-state index contributed by atoms with van der Waals surface area (Å²) in [6.45, 7) is 2.32. The summed E-state index contributed by atoms with van der Waals surface area (Å²) in [7, 11) is 0. The van der Waals surface area contributed by atoms with E-state index in [0.717, 1.165) is 12.8 Å². The minimum Gasteiger partial charge on any atom is -0.464 e. The summed E-state index contributed by atoms with van der Waals surface area (Å²) in [4.78, 5) is 25.7. The molecule has 0 spiro atoms. The SMILES string of the molecule is CCCCOC(=O)C(Br)(C(=O)c1ccccc1)c1ccccc1. The Balaban J connectivity index is 2.39. The first-order valence-electron chi connectivity index (χ1n) is 7.62. The monoisotopic (exact) mass is 374 g/mol. The van der Waals surface area contributed by atoms with Gasteiger partial charge in [0.1, 0.15) is 0 Å². The smallest absolute Gasteiger partial charge is 0.335 e. The molecule has 0 radical (unpaired) electrons. The molecular formula is C19H19BrO3. The van der Waals surface area contributed by atoms with Gasteiger partial charge in [-0.25, -0.2) is 4.79 Å². The lowest BCUT2D eigenvalue weighted by Gasteiger charge is -2.24. The number of rotatable bonds is 7. The standard InChI is InChI=1S/C19H19BrO3/c1-2-3-14-23-18(22)19(20,16-12-8-5-9-13-16)17(21)15-10-6-4-7-11-15/h4-13H,2-3,14H2,1H3. The first-order valence-corrected chi connectivity index (χ1v) is 8.41. The summed E-state index contributed by atoms with van der Waals surface area (Å²) < 4.78 is 3.81. The lowest BCUT2D eigenvalue weighted by atomic mass is 9.90. The van der Waals surface area contributed by atoms with Gasteiger partial charge in [-0.1, -0.05) is 89.9 Å². The van der Waals surface area contributed by atoms with Crippen molar-refractivity contribution < 1.29 is 14.3 Å². The molecule has 2 aromatic rings. The van der Waals surface area contributed by atoms with Crippen LogP contribution < -0.4 is 0 Å². The van der Waals surface area contributed by atoms with Gasteiger partial charge in [-0.15, -0.1) is 0 Å². The fourth-order valence-corrected chi connectivity index (χ4v) is 2.81. The number of benzene rings is 2. The molecule has 0 aliphatic rings. The van der Waals surface area contributed by atoms with Gasteiger partial charge in [0, 0.05) is 5.56 Å². The zero-order valence-corrected chi connectivity index (χ0v) is 14.6. The maximum Gasteiger partial charge on any atom is 0.335 e. The molecule has 2 rings (SSSR count). The Morgan fingerprint density at radius 2 is 1.57 bits per heavy atom. The quantitative estimate of drug-likeness (QED) is 0.235. The molecule has 0 saturated heterocycles. The molecule has 2 aromatic carbocycles. The molecule has 0 aromatic heterocycles. The largest absolute Gasteiger partial charge is 0.464 e. The molecule has 0 fully saturated rings. The van der Waals surface area contributed by atoms with E-state index >= 15 is 0 Å². The van der Waals surface area contributed by atoms with Crippen LogP contribution in [0.5, 0.6) is 0 Å². The number of hydrogen-bond donors (Lipinski definition) is 0. The summed E-state index contributed by atoms with van der Waals surface area (Å²) in [5.41, 5.74) is 1.02. The molecule has 4 heteroatoms. The number of halogens is 1. The minimum absolute atomic E-state index is 0.303. The molecule has 0 heterocycles. The molecule has 0 aliphatic heterocycles. The fraction of sp³-hybridized carbons (Fsp3) is 0.263. The lowest BCUT2D eigenvalue weighted by molar-refractivity contribution is -0.145. The van der Waals surface area contributed by atoms with Crippen molar-refractivity contribution in [3.05, 3.63) is 71.8 Å². The van der Waals surface area contributed by atoms with Crippen LogP contribution in [0.3, 0.4) is 0 Å². The number of carbonyl (C=O) groups is 2. The minimum atomic E-state index is -1.52. The lowest BCUT2D eigenvalue weighted by Crippen LogP contribution is -2.39. The highest BCUT2D eigenvalue weighted by Crippen LogP contribution is 2.36. The molecular weight excluding hydrogens is 356 g/mol. The number of esters is 1. The van der Waals surface area contributed by atoms with Gasteiger partial charge in [0.2, 0.25) is 4.32 Å². The summed E-state index contributed by atoms with van der Waals surface area (Å²) in [5, 5.41) is 0. The van der Waals surface area contributed by atoms with E-state index in [0.29, 0.717) is 17.7 Å². The van der Waals surface area contributed by atoms with Gasteiger partial charge in [-0.3, -0.25) is 4.79 Å². The second kappa shape index (κ2) is 8.06. The normalized spacial score (nSPS) is 13.1. The van der Waals surface area contributed by atoms with Gasteiger partial charge >= 0.3 is 5.97 Å². The van der Waals surface area contributed by atoms with Crippen molar-refractivity contribution in [2.24, 2.45) is 0 Å². The number of ether oxygens (including phenoxy) is 1. The number of hydrogen-bond acceptors (Lipinski definition) is 3. The number of alkyl halides is 1. The Hall–Kier alpha value is -1.94. The summed E-state index contributed by atoms with van der Waals surface area (Å²) in [5.74, 6) is -0.906. The molecule has 0 saturated carbocycles. The van der Waals surface area contributed by atoms with Crippen molar-refractivity contribution in [2.75, 3.05) is 6.61 Å². The number of unbranched alkanes of at least 4 members (excludes halogenated alkanes) is 1. The van der Waals surface area contributed by atoms with Crippen molar-refractivity contribution in [1.82, 2.24) is 0 Å². The van der Waals surface area contributed by atoms with Crippen LogP contribution in [0.1, 0.15) is 35.7 Å². The van der Waals surface area contributed by atoms with Crippen LogP contribution in [0.15, 0.2) is 60.7 Å². The van der Waals surface area contributed by atoms with E-state index in [1.54, 1.807) is 48.5 Å². The predicted molar refractivity (Wildman–Crippen MR) is 93.7 cm³/mol. The molecule has 3 nitrogen and oxygen atoms in total. The van der Waals surface area contributed by atoms with Gasteiger partial charge < -0.3 is 4.74 Å². The van der Waals surface area contributed by atoms with Gasteiger partial charge in [-0.2, -0.15) is 0 Å². The van der Waals surface area contributed by atoms with Crippen molar-refractivity contribution >= 4 is 27.7 Å². The Kier molecular flexibility index (Phi) is 6.11. The predicted octanol–water partition coefficient (Wildman–Crippen LogP) is 4.50. The van der Waals surface area contributed by atoms with E-state index in [1.807, 2.05) is 19.1 Å². The molecule has 120 valence electrons. The highest BCUT2D eigenvalue weighted by atomic mass is 79.9. The van der Waals surface area contributed by atoms with Crippen LogP contribution in [0.4, 0.5) is 0 Å². The molecule has 0 N–H and O–H groups in total. The van der Waals surface area contributed by atoms with E-state index in [4.69, 9.17) is 4.74 Å². The number of carbonyl (C=O) groups excluding carboxylic acids is 2. The molecule has 1 atom stereocenters. The summed E-state index contributed by atoms with van der Waals surface area (Å²) in [6.07, 6.45) is 1.68. The third-order valence-electron chi connectivity index (χ3n) is 3.53. The van der Waals surface area contributed by atoms with Crippen LogP contribution >= 0.6 is 15.9 Å². The molecule has 0 bridgehead atoms. The van der Waals surface area contributed by atoms with Crippen molar-refractivity contribution in [1.29, 1.82) is 0 Å². The van der Waals surface area contributed by atoms with E-state index in [9.17, 15) is 9.59 Å². The zero-order chi connectivity index (χ0) is 16.7. The van der Waals surface area contributed by atoms with Crippen LogP contribution in [-0.2, 0) is 13.9 Å². The third kappa shape index (κ3) is 3.88. The third-order valence-corrected chi connectivity index (χ3v) is 4.67. The average Bonchev–Trinajstić information content (AvgIpc) is 2.62. The second-order valence-corrected chi connectivity index (χ2v) is 6.40. The van der Waals surface area contributed by atoms with Crippen molar-refractivity contribution in [3.63, 3.8) is 0 Å². The van der Waals surface area contributed by atoms with Gasteiger partial charge in [0.15, 0.2) is 5.78 Å². The topological polar surface area (TPSA) is 43.4 Å². The van der Waals surface area contributed by atoms with Gasteiger partial charge in [0.25, 0.3) is 0 Å². The van der Waals surface area contributed by atoms with E-state index in [2.05, 4.69) is 15.9 Å². The first-order chi connectivity index (χ1) is 11.1. The Labute approximate surface area is 144 Å². The Bertz CT molecular complexity index is 655. The first kappa shape index (κ1) is 17.4. The van der Waals surface area contributed by atoms with Crippen molar-refractivity contribution in [3.8, 4) is 0 Å². The summed E-state index contributed by atoms with van der Waals surface area (Å²) in [6, 6.07) is 17.7. The van der Waals surface area contributed by atoms with Crippen molar-refractivity contribution in [2.45, 2.75) is 24.1 Å². The van der Waals surface area contributed by atoms with Gasteiger partial charge in [-0.05, 0) is 12.0 Å². The zero-order valence-electron chi connectivity index (χ0n) is 13.0. The van der Waals surface area contributed by atoms with Crippen LogP contribution in [0.2, 0.25) is 0 Å². The Morgan fingerprint density at radius 3 is 2.13 bits per heavy atom. The number of ketones is 1. The highest BCUT2D eigenvalue weighted by molar-refractivity contribution is 9.10. The van der Waals surface area contributed by atoms with E-state index in [1.165, 1.54) is 0 Å². The van der Waals surface area contributed by atoms with Crippen LogP contribution in [-0.4, -0.2) is 18.4 Å². The van der Waals surface area contributed by atoms with E-state index < -0.39 is 10.3 Å². The van der Waals surface area contributed by atoms with Crippen LogP contribution in [0.25, 0.3) is 0 Å². The molecule has 1 unspecified atom stereocenters. The number of Topliss-reactive ketones (excluding diaryl/α,β-unsaturated/α-hetero) is 1. The maximum atomic E-state index is 13.0. The van der Waals surface area contributed by atoms with Gasteiger partial charge in [0.05, 0.1) is 6.61 Å². The highest BCUT2D eigenvalue weighted by Gasteiger charge is 2.47.